The molecule has 11 heteroatoms. The topological polar surface area (TPSA) is 91.6 Å². The maximum absolute atomic E-state index is 6.03. The van der Waals surface area contributed by atoms with E-state index in [0.717, 1.165) is 51.5 Å². The zero-order valence-corrected chi connectivity index (χ0v) is 19.1. The Labute approximate surface area is 192 Å². The molecule has 6 rings (SSSR count). The lowest BCUT2D eigenvalue weighted by molar-refractivity contribution is 0.640. The summed E-state index contributed by atoms with van der Waals surface area (Å²) in [4.78, 5) is 9.12. The highest BCUT2D eigenvalue weighted by Crippen LogP contribution is 2.54. The molecule has 1 aliphatic carbocycles. The van der Waals surface area contributed by atoms with Crippen LogP contribution in [-0.2, 0) is 19.3 Å². The van der Waals surface area contributed by atoms with Crippen LogP contribution in [0.5, 0.6) is 0 Å². The van der Waals surface area contributed by atoms with Crippen molar-refractivity contribution in [1.82, 2.24) is 44.1 Å². The van der Waals surface area contributed by atoms with Gasteiger partial charge >= 0.3 is 0 Å². The summed E-state index contributed by atoms with van der Waals surface area (Å²) in [5, 5.41) is 20.4. The van der Waals surface area contributed by atoms with E-state index in [-0.39, 0.29) is 0 Å². The van der Waals surface area contributed by atoms with Crippen LogP contribution in [0.15, 0.2) is 41.9 Å². The number of hydrogen-bond acceptors (Lipinski definition) is 7. The Morgan fingerprint density at radius 1 is 1.12 bits per heavy atom. The molecule has 0 bridgehead atoms. The molecule has 162 valence electrons. The molecule has 0 aliphatic heterocycles. The molecule has 32 heavy (non-hydrogen) atoms. The fourth-order valence-corrected chi connectivity index (χ4v) is 5.19. The van der Waals surface area contributed by atoms with Crippen LogP contribution in [0.2, 0.25) is 5.02 Å². The van der Waals surface area contributed by atoms with Crippen LogP contribution in [0, 0.1) is 0 Å². The minimum Gasteiger partial charge on any atom is -0.306 e. The fourth-order valence-electron chi connectivity index (χ4n) is 4.21. The van der Waals surface area contributed by atoms with Crippen LogP contribution >= 0.6 is 23.4 Å². The van der Waals surface area contributed by atoms with Gasteiger partial charge in [0.2, 0.25) is 0 Å². The molecule has 0 N–H and O–H groups in total. The van der Waals surface area contributed by atoms with E-state index in [2.05, 4.69) is 49.0 Å². The van der Waals surface area contributed by atoms with Crippen molar-refractivity contribution in [3.05, 3.63) is 59.0 Å². The summed E-state index contributed by atoms with van der Waals surface area (Å²) >= 11 is 7.64. The van der Waals surface area contributed by atoms with Gasteiger partial charge in [-0.1, -0.05) is 35.5 Å². The zero-order chi connectivity index (χ0) is 21.8. The number of halogens is 1. The molecule has 0 unspecified atom stereocenters. The molecule has 4 heterocycles. The van der Waals surface area contributed by atoms with Gasteiger partial charge in [-0.3, -0.25) is 4.68 Å². The van der Waals surface area contributed by atoms with Gasteiger partial charge in [0.15, 0.2) is 22.3 Å². The van der Waals surface area contributed by atoms with Crippen molar-refractivity contribution in [2.75, 3.05) is 0 Å². The fraction of sp³-hybridized carbons (Fsp3) is 0.333. The molecule has 1 saturated carbocycles. The predicted octanol–water partition coefficient (Wildman–Crippen LogP) is 3.84. The summed E-state index contributed by atoms with van der Waals surface area (Å²) in [6, 6.07) is 8.13. The van der Waals surface area contributed by atoms with E-state index in [1.54, 1.807) is 33.5 Å². The lowest BCUT2D eigenvalue weighted by atomic mass is 10.1. The highest BCUT2D eigenvalue weighted by molar-refractivity contribution is 7.98. The third kappa shape index (κ3) is 3.25. The Hall–Kier alpha value is -2.98. The van der Waals surface area contributed by atoms with Crippen LogP contribution in [0.1, 0.15) is 42.4 Å². The standard InChI is InChI=1S/C21H20ClN9S/c1-3-30-20(15-8-14(15)12-4-6-13(22)7-5-12)26-27-21(30)32-10-17-25-19-16-9-24-29(2)18(16)23-11-31(19)28-17/h4-7,9,11,14-15H,3,8,10H2,1-2H3/t14-,15-/m1/s1. The summed E-state index contributed by atoms with van der Waals surface area (Å²) in [5.74, 6) is 3.27. The number of nitrogens with zero attached hydrogens (tertiary/aromatic N) is 9. The second-order valence-corrected chi connectivity index (χ2v) is 9.30. The van der Waals surface area contributed by atoms with Crippen LogP contribution in [-0.4, -0.2) is 44.1 Å². The van der Waals surface area contributed by atoms with E-state index in [4.69, 9.17) is 16.6 Å². The van der Waals surface area contributed by atoms with Gasteiger partial charge in [-0.25, -0.2) is 14.5 Å². The summed E-state index contributed by atoms with van der Waals surface area (Å²) in [7, 11) is 1.87. The first-order valence-corrected chi connectivity index (χ1v) is 11.8. The molecule has 0 amide bonds. The van der Waals surface area contributed by atoms with Gasteiger partial charge in [-0.15, -0.1) is 15.3 Å². The second kappa shape index (κ2) is 7.56. The van der Waals surface area contributed by atoms with Gasteiger partial charge in [0.1, 0.15) is 12.2 Å². The minimum absolute atomic E-state index is 0.399. The van der Waals surface area contributed by atoms with Crippen molar-refractivity contribution in [3.63, 3.8) is 0 Å². The summed E-state index contributed by atoms with van der Waals surface area (Å²) in [5.41, 5.74) is 2.86. The average Bonchev–Trinajstić information content (AvgIpc) is 3.12. The van der Waals surface area contributed by atoms with E-state index < -0.39 is 0 Å². The molecule has 2 atom stereocenters. The highest BCUT2D eigenvalue weighted by atomic mass is 35.5. The first-order valence-electron chi connectivity index (χ1n) is 10.5. The maximum Gasteiger partial charge on any atom is 0.191 e. The molecule has 1 aliphatic rings. The Morgan fingerprint density at radius 2 is 1.97 bits per heavy atom. The summed E-state index contributed by atoms with van der Waals surface area (Å²) < 4.78 is 5.65. The van der Waals surface area contributed by atoms with E-state index in [0.29, 0.717) is 17.6 Å². The molecule has 0 radical (unpaired) electrons. The maximum atomic E-state index is 6.03. The predicted molar refractivity (Wildman–Crippen MR) is 122 cm³/mol. The smallest absolute Gasteiger partial charge is 0.191 e. The zero-order valence-electron chi connectivity index (χ0n) is 17.6. The third-order valence-electron chi connectivity index (χ3n) is 5.93. The molecular formula is C21H20ClN9S. The molecule has 0 spiro atoms. The van der Waals surface area contributed by atoms with E-state index in [1.165, 1.54) is 5.56 Å². The molecule has 4 aromatic heterocycles. The van der Waals surface area contributed by atoms with Crippen LogP contribution < -0.4 is 0 Å². The molecule has 1 aromatic carbocycles. The normalized spacial score (nSPS) is 18.1. The van der Waals surface area contributed by atoms with Crippen LogP contribution in [0.3, 0.4) is 0 Å². The van der Waals surface area contributed by atoms with E-state index in [9.17, 15) is 0 Å². The van der Waals surface area contributed by atoms with Gasteiger partial charge in [-0.2, -0.15) is 5.10 Å². The number of aryl methyl sites for hydroxylation is 1. The van der Waals surface area contributed by atoms with Crippen molar-refractivity contribution < 1.29 is 0 Å². The minimum atomic E-state index is 0.399. The van der Waals surface area contributed by atoms with Crippen molar-refractivity contribution in [1.29, 1.82) is 0 Å². The number of benzene rings is 1. The molecule has 5 aromatic rings. The van der Waals surface area contributed by atoms with Crippen molar-refractivity contribution in [2.24, 2.45) is 7.05 Å². The van der Waals surface area contributed by atoms with E-state index >= 15 is 0 Å². The van der Waals surface area contributed by atoms with Gasteiger partial charge in [0.05, 0.1) is 17.3 Å². The second-order valence-electron chi connectivity index (χ2n) is 7.92. The van der Waals surface area contributed by atoms with Gasteiger partial charge < -0.3 is 4.57 Å². The SMILES string of the molecule is CCn1c(SCc2nc3c4cnn(C)c4ncn3n2)nnc1[C@@H]1C[C@@H]1c1ccc(Cl)cc1. The quantitative estimate of drug-likeness (QED) is 0.352. The monoisotopic (exact) mass is 465 g/mol. The number of hydrogen-bond donors (Lipinski definition) is 0. The molecular weight excluding hydrogens is 446 g/mol. The number of fused-ring (bicyclic) bond motifs is 3. The summed E-state index contributed by atoms with van der Waals surface area (Å²) in [6.45, 7) is 2.96. The van der Waals surface area contributed by atoms with Crippen molar-refractivity contribution in [2.45, 2.75) is 42.6 Å². The average molecular weight is 466 g/mol. The van der Waals surface area contributed by atoms with Gasteiger partial charge in [-0.05, 0) is 37.0 Å². The number of rotatable bonds is 6. The lowest BCUT2D eigenvalue weighted by Gasteiger charge is -2.06. The largest absolute Gasteiger partial charge is 0.306 e. The van der Waals surface area contributed by atoms with Gasteiger partial charge in [0.25, 0.3) is 0 Å². The summed E-state index contributed by atoms with van der Waals surface area (Å²) in [6.07, 6.45) is 4.54. The van der Waals surface area contributed by atoms with Crippen LogP contribution in [0.4, 0.5) is 0 Å². The van der Waals surface area contributed by atoms with Crippen molar-refractivity contribution >= 4 is 40.0 Å². The Bertz CT molecular complexity index is 1440. The molecule has 9 nitrogen and oxygen atoms in total. The van der Waals surface area contributed by atoms with E-state index in [1.807, 2.05) is 19.2 Å². The third-order valence-corrected chi connectivity index (χ3v) is 7.14. The first-order chi connectivity index (χ1) is 15.6. The van der Waals surface area contributed by atoms with Crippen molar-refractivity contribution in [3.8, 4) is 0 Å². The Morgan fingerprint density at radius 3 is 2.78 bits per heavy atom. The molecule has 0 saturated heterocycles. The molecule has 1 fully saturated rings. The lowest BCUT2D eigenvalue weighted by Crippen LogP contribution is -2.03. The number of aromatic nitrogens is 9. The first kappa shape index (κ1) is 19.7. The van der Waals surface area contributed by atoms with Crippen LogP contribution in [0.25, 0.3) is 16.7 Å². The Kier molecular flexibility index (Phi) is 4.65. The number of thioether (sulfide) groups is 1. The van der Waals surface area contributed by atoms with Gasteiger partial charge in [0, 0.05) is 24.5 Å². The Balaban J connectivity index is 1.21. The highest BCUT2D eigenvalue weighted by Gasteiger charge is 2.43.